The van der Waals surface area contributed by atoms with Crippen molar-refractivity contribution in [3.05, 3.63) is 0 Å². The summed E-state index contributed by atoms with van der Waals surface area (Å²) >= 11 is 0. The monoisotopic (exact) mass is 560 g/mol. The molecule has 1 aliphatic heterocycles. The fourth-order valence-corrected chi connectivity index (χ4v) is 2.63. The Bertz CT molecular complexity index is 570. The van der Waals surface area contributed by atoms with Crippen LogP contribution in [-0.2, 0) is 28.4 Å². The van der Waals surface area contributed by atoms with Crippen LogP contribution in [0.4, 0.5) is 43.9 Å². The van der Waals surface area contributed by atoms with Crippen LogP contribution in [0, 0.1) is 0 Å². The molecule has 4 atom stereocenters. The van der Waals surface area contributed by atoms with Gasteiger partial charge < -0.3 is 38.6 Å². The molecule has 0 bridgehead atoms. The molecule has 8 nitrogen and oxygen atoms in total. The van der Waals surface area contributed by atoms with Gasteiger partial charge in [-0.3, -0.25) is 0 Å². The Morgan fingerprint density at radius 1 is 0.472 bits per heavy atom. The summed E-state index contributed by atoms with van der Waals surface area (Å²) < 4.78 is 163. The van der Waals surface area contributed by atoms with E-state index < -0.39 is 75.0 Å². The summed E-state index contributed by atoms with van der Waals surface area (Å²) in [5, 5.41) is 18.2. The van der Waals surface area contributed by atoms with Gasteiger partial charge in [0.2, 0.25) is 12.2 Å². The molecule has 1 saturated heterocycles. The van der Waals surface area contributed by atoms with Crippen LogP contribution in [0.25, 0.3) is 0 Å². The van der Waals surface area contributed by atoms with Gasteiger partial charge in [0, 0.05) is 0 Å². The van der Waals surface area contributed by atoms with Gasteiger partial charge in [-0.25, -0.2) is 17.6 Å². The predicted octanol–water partition coefficient (Wildman–Crippen LogP) is 1.95. The Hall–Kier alpha value is -1.02. The van der Waals surface area contributed by atoms with Gasteiger partial charge in [-0.15, -0.1) is 0 Å². The number of aliphatic hydroxyl groups excluding tert-OH is 2. The molecule has 1 rings (SSSR count). The van der Waals surface area contributed by atoms with Gasteiger partial charge >= 0.3 is 24.2 Å². The van der Waals surface area contributed by atoms with Crippen LogP contribution in [0.2, 0.25) is 0 Å². The summed E-state index contributed by atoms with van der Waals surface area (Å²) in [7, 11) is 0. The molecule has 0 aromatic heterocycles. The van der Waals surface area contributed by atoms with Crippen LogP contribution in [0.15, 0.2) is 0 Å². The van der Waals surface area contributed by atoms with Crippen molar-refractivity contribution in [1.29, 1.82) is 0 Å². The van der Waals surface area contributed by atoms with E-state index in [0.717, 1.165) is 0 Å². The van der Waals surface area contributed by atoms with Gasteiger partial charge in [-0.2, -0.15) is 26.3 Å². The van der Waals surface area contributed by atoms with Crippen LogP contribution in [0.5, 0.6) is 0 Å². The Labute approximate surface area is 198 Å². The van der Waals surface area contributed by atoms with Crippen molar-refractivity contribution >= 4 is 0 Å². The first-order valence-electron chi connectivity index (χ1n) is 10.3. The molecule has 0 radical (unpaired) electrons. The minimum absolute atomic E-state index is 0.0149. The molecule has 1 heterocycles. The SMILES string of the molecule is OC(C(F)(F)F)C(F)(F)C1COCCOCCOCCOCCOCC(C(F)(F)C(O)C(F)(F)F)O1. The van der Waals surface area contributed by atoms with E-state index >= 15 is 0 Å². The fourth-order valence-electron chi connectivity index (χ4n) is 2.63. The summed E-state index contributed by atoms with van der Waals surface area (Å²) in [6.45, 7) is -4.84. The van der Waals surface area contributed by atoms with Crippen molar-refractivity contribution in [2.24, 2.45) is 0 Å². The molecule has 4 unspecified atom stereocenters. The van der Waals surface area contributed by atoms with E-state index in [1.54, 1.807) is 0 Å². The van der Waals surface area contributed by atoms with Gasteiger partial charge in [-0.05, 0) is 0 Å². The van der Waals surface area contributed by atoms with Crippen molar-refractivity contribution in [3.8, 4) is 0 Å². The minimum atomic E-state index is -5.97. The number of aliphatic hydroxyl groups is 2. The zero-order chi connectivity index (χ0) is 27.6. The first kappa shape index (κ1) is 33.0. The van der Waals surface area contributed by atoms with Crippen LogP contribution < -0.4 is 0 Å². The highest BCUT2D eigenvalue weighted by Crippen LogP contribution is 2.40. The van der Waals surface area contributed by atoms with Gasteiger partial charge in [0.05, 0.1) is 66.1 Å². The minimum Gasteiger partial charge on any atom is -0.379 e. The van der Waals surface area contributed by atoms with Crippen LogP contribution >= 0.6 is 0 Å². The standard InChI is InChI=1S/C18H26F10O8/c19-15(20,13(29)17(23,24)25)11-9-34-7-5-32-3-1-31-2-4-33-6-8-35-10-12(36-11)16(21,22)14(30)18(26,27)28/h11-14,29-30H,1-10H2. The maximum Gasteiger partial charge on any atom is 0.420 e. The van der Waals surface area contributed by atoms with E-state index in [1.807, 2.05) is 0 Å². The molecule has 0 aromatic rings. The molecule has 36 heavy (non-hydrogen) atoms. The van der Waals surface area contributed by atoms with Gasteiger partial charge in [-0.1, -0.05) is 0 Å². The second-order valence-electron chi connectivity index (χ2n) is 7.34. The molecule has 1 aliphatic rings. The molecule has 2 N–H and O–H groups in total. The fraction of sp³-hybridized carbons (Fsp3) is 1.00. The number of halogens is 10. The zero-order valence-corrected chi connectivity index (χ0v) is 18.5. The van der Waals surface area contributed by atoms with Crippen LogP contribution in [-0.4, -0.2) is 125 Å². The third-order valence-corrected chi connectivity index (χ3v) is 4.56. The molecule has 0 saturated carbocycles. The summed E-state index contributed by atoms with van der Waals surface area (Å²) in [4.78, 5) is 0. The number of hydrogen-bond donors (Lipinski definition) is 2. The summed E-state index contributed by atoms with van der Waals surface area (Å²) in [5.74, 6) is -10.8. The zero-order valence-electron chi connectivity index (χ0n) is 18.5. The quantitative estimate of drug-likeness (QED) is 0.505. The van der Waals surface area contributed by atoms with E-state index in [9.17, 15) is 43.9 Å². The molecule has 1 fully saturated rings. The van der Waals surface area contributed by atoms with E-state index in [4.69, 9.17) is 24.4 Å². The summed E-state index contributed by atoms with van der Waals surface area (Å²) in [6, 6.07) is 0. The van der Waals surface area contributed by atoms with E-state index in [1.165, 1.54) is 0 Å². The molecule has 0 aromatic carbocycles. The van der Waals surface area contributed by atoms with Crippen molar-refractivity contribution in [1.82, 2.24) is 0 Å². The lowest BCUT2D eigenvalue weighted by molar-refractivity contribution is -0.334. The lowest BCUT2D eigenvalue weighted by Gasteiger charge is -2.37. The summed E-state index contributed by atoms with van der Waals surface area (Å²) in [6.07, 6.45) is -27.6. The highest BCUT2D eigenvalue weighted by Gasteiger charge is 2.64. The normalized spacial score (nSPS) is 26.0. The van der Waals surface area contributed by atoms with Crippen molar-refractivity contribution in [2.75, 3.05) is 66.1 Å². The van der Waals surface area contributed by atoms with Crippen LogP contribution in [0.1, 0.15) is 0 Å². The highest BCUT2D eigenvalue weighted by atomic mass is 19.4. The Morgan fingerprint density at radius 3 is 0.972 bits per heavy atom. The highest BCUT2D eigenvalue weighted by molar-refractivity contribution is 4.94. The topological polar surface area (TPSA) is 95.8 Å². The van der Waals surface area contributed by atoms with Gasteiger partial charge in [0.15, 0.2) is 0 Å². The third kappa shape index (κ3) is 10.4. The van der Waals surface area contributed by atoms with Crippen molar-refractivity contribution < 1.29 is 82.5 Å². The molecule has 216 valence electrons. The maximum absolute atomic E-state index is 14.5. The molecule has 0 aliphatic carbocycles. The van der Waals surface area contributed by atoms with Crippen molar-refractivity contribution in [2.45, 2.75) is 48.6 Å². The van der Waals surface area contributed by atoms with E-state index in [0.29, 0.717) is 0 Å². The lowest BCUT2D eigenvalue weighted by atomic mass is 10.0. The molecule has 0 amide bonds. The third-order valence-electron chi connectivity index (χ3n) is 4.56. The molecular formula is C18H26F10O8. The van der Waals surface area contributed by atoms with E-state index in [-0.39, 0.29) is 39.6 Å². The first-order chi connectivity index (χ1) is 16.5. The lowest BCUT2D eigenvalue weighted by Crippen LogP contribution is -2.60. The second-order valence-corrected chi connectivity index (χ2v) is 7.34. The largest absolute Gasteiger partial charge is 0.420 e. The van der Waals surface area contributed by atoms with Crippen LogP contribution in [0.3, 0.4) is 0 Å². The summed E-state index contributed by atoms with van der Waals surface area (Å²) in [5.41, 5.74) is 0. The average molecular weight is 560 g/mol. The Balaban J connectivity index is 3.23. The number of rotatable bonds is 4. The molecular weight excluding hydrogens is 534 g/mol. The molecule has 0 spiro atoms. The Kier molecular flexibility index (Phi) is 13.0. The Morgan fingerprint density at radius 2 is 0.722 bits per heavy atom. The maximum atomic E-state index is 14.5. The number of hydrogen-bond acceptors (Lipinski definition) is 8. The van der Waals surface area contributed by atoms with Gasteiger partial charge in [0.25, 0.3) is 0 Å². The van der Waals surface area contributed by atoms with E-state index in [2.05, 4.69) is 14.2 Å². The van der Waals surface area contributed by atoms with Gasteiger partial charge in [0.1, 0.15) is 12.2 Å². The number of alkyl halides is 10. The average Bonchev–Trinajstić information content (AvgIpc) is 2.76. The predicted molar refractivity (Wildman–Crippen MR) is 96.8 cm³/mol. The second kappa shape index (κ2) is 14.2. The first-order valence-corrected chi connectivity index (χ1v) is 10.3. The number of ether oxygens (including phenoxy) is 6. The smallest absolute Gasteiger partial charge is 0.379 e. The van der Waals surface area contributed by atoms with Crippen molar-refractivity contribution in [3.63, 3.8) is 0 Å². The molecule has 18 heteroatoms.